The van der Waals surface area contributed by atoms with Gasteiger partial charge in [-0.1, -0.05) is 38.3 Å². The molecule has 0 aromatic rings. The van der Waals surface area contributed by atoms with E-state index in [4.69, 9.17) is 24.4 Å². The molecule has 0 bridgehead atoms. The van der Waals surface area contributed by atoms with Crippen LogP contribution >= 0.6 is 24.4 Å². The highest BCUT2D eigenvalue weighted by Crippen LogP contribution is 2.14. The van der Waals surface area contributed by atoms with E-state index in [1.54, 1.807) is 0 Å². The first kappa shape index (κ1) is 9.07. The molecule has 0 aromatic carbocycles. The summed E-state index contributed by atoms with van der Waals surface area (Å²) in [5.41, 5.74) is 0. The van der Waals surface area contributed by atoms with Crippen LogP contribution in [-0.4, -0.2) is 15.9 Å². The van der Waals surface area contributed by atoms with Gasteiger partial charge in [-0.2, -0.15) is 0 Å². The van der Waals surface area contributed by atoms with Gasteiger partial charge in [-0.15, -0.1) is 0 Å². The summed E-state index contributed by atoms with van der Waals surface area (Å²) < 4.78 is 0. The minimum atomic E-state index is 0.476. The van der Waals surface area contributed by atoms with E-state index in [1.165, 1.54) is 0 Å². The van der Waals surface area contributed by atoms with Crippen LogP contribution in [0.25, 0.3) is 0 Å². The minimum absolute atomic E-state index is 0.476. The van der Waals surface area contributed by atoms with Gasteiger partial charge in [-0.05, 0) is 12.3 Å². The standard InChI is InChI=1S/C8H13NS2/c1-5(2)7-3-6(10)4-8(11)9-7/h5,7H,3-4H2,1-2H3,(H,9,11)/t7-/m0/s1. The van der Waals surface area contributed by atoms with Crippen LogP contribution in [-0.2, 0) is 0 Å². The Morgan fingerprint density at radius 1 is 1.45 bits per heavy atom. The summed E-state index contributed by atoms with van der Waals surface area (Å²) in [5, 5.41) is 3.29. The van der Waals surface area contributed by atoms with E-state index in [1.807, 2.05) is 0 Å². The van der Waals surface area contributed by atoms with E-state index < -0.39 is 0 Å². The van der Waals surface area contributed by atoms with Crippen LogP contribution in [0.3, 0.4) is 0 Å². The summed E-state index contributed by atoms with van der Waals surface area (Å²) >= 11 is 10.2. The summed E-state index contributed by atoms with van der Waals surface area (Å²) in [4.78, 5) is 2.02. The third-order valence-corrected chi connectivity index (χ3v) is 2.53. The summed E-state index contributed by atoms with van der Waals surface area (Å²) in [6, 6.07) is 0.476. The normalized spacial score (nSPS) is 25.5. The van der Waals surface area contributed by atoms with E-state index in [-0.39, 0.29) is 0 Å². The summed E-state index contributed by atoms with van der Waals surface area (Å²) in [6.07, 6.45) is 1.82. The van der Waals surface area contributed by atoms with Crippen molar-refractivity contribution in [3.05, 3.63) is 0 Å². The molecule has 0 amide bonds. The molecular formula is C8H13NS2. The van der Waals surface area contributed by atoms with Gasteiger partial charge < -0.3 is 5.32 Å². The lowest BCUT2D eigenvalue weighted by Crippen LogP contribution is -2.44. The first-order chi connectivity index (χ1) is 5.09. The summed E-state index contributed by atoms with van der Waals surface area (Å²) in [7, 11) is 0. The van der Waals surface area contributed by atoms with Crippen LogP contribution in [0.15, 0.2) is 0 Å². The predicted octanol–water partition coefficient (Wildman–Crippen LogP) is 2.09. The Bertz CT molecular complexity index is 171. The van der Waals surface area contributed by atoms with Crippen LogP contribution in [0, 0.1) is 5.92 Å². The smallest absolute Gasteiger partial charge is 0.0805 e. The topological polar surface area (TPSA) is 12.0 Å². The van der Waals surface area contributed by atoms with Crippen molar-refractivity contribution >= 4 is 34.3 Å². The van der Waals surface area contributed by atoms with Crippen molar-refractivity contribution < 1.29 is 0 Å². The molecule has 0 spiro atoms. The molecule has 3 heteroatoms. The summed E-state index contributed by atoms with van der Waals surface area (Å²) in [6.45, 7) is 4.38. The molecule has 62 valence electrons. The predicted molar refractivity (Wildman–Crippen MR) is 56.2 cm³/mol. The van der Waals surface area contributed by atoms with E-state index in [2.05, 4.69) is 19.2 Å². The zero-order chi connectivity index (χ0) is 8.43. The Kier molecular flexibility index (Phi) is 2.96. The van der Waals surface area contributed by atoms with E-state index >= 15 is 0 Å². The SMILES string of the molecule is CC(C)[C@@H]1CC(=S)CC(=S)N1. The number of hydrogen-bond donors (Lipinski definition) is 1. The zero-order valence-electron chi connectivity index (χ0n) is 6.89. The Morgan fingerprint density at radius 2 is 2.09 bits per heavy atom. The van der Waals surface area contributed by atoms with Gasteiger partial charge in [-0.3, -0.25) is 0 Å². The largest absolute Gasteiger partial charge is 0.376 e. The van der Waals surface area contributed by atoms with Crippen LogP contribution in [0.2, 0.25) is 0 Å². The molecule has 11 heavy (non-hydrogen) atoms. The number of hydrogen-bond acceptors (Lipinski definition) is 2. The molecule has 0 radical (unpaired) electrons. The minimum Gasteiger partial charge on any atom is -0.376 e. The second-order valence-electron chi connectivity index (χ2n) is 3.34. The fraction of sp³-hybridized carbons (Fsp3) is 0.750. The Hall–Kier alpha value is -0.0200. The number of rotatable bonds is 1. The average Bonchev–Trinajstić information content (AvgIpc) is 1.85. The van der Waals surface area contributed by atoms with Crippen LogP contribution in [0.5, 0.6) is 0 Å². The fourth-order valence-corrected chi connectivity index (χ4v) is 1.95. The molecule has 0 unspecified atom stereocenters. The Morgan fingerprint density at radius 3 is 2.55 bits per heavy atom. The monoisotopic (exact) mass is 187 g/mol. The van der Waals surface area contributed by atoms with Crippen LogP contribution < -0.4 is 5.32 Å². The molecule has 1 heterocycles. The maximum Gasteiger partial charge on any atom is 0.0805 e. The van der Waals surface area contributed by atoms with Gasteiger partial charge >= 0.3 is 0 Å². The third kappa shape index (κ3) is 2.49. The van der Waals surface area contributed by atoms with Crippen molar-refractivity contribution in [3.63, 3.8) is 0 Å². The number of nitrogens with one attached hydrogen (secondary N) is 1. The number of piperidine rings is 1. The van der Waals surface area contributed by atoms with Crippen molar-refractivity contribution in [1.82, 2.24) is 5.32 Å². The Labute approximate surface area is 78.6 Å². The van der Waals surface area contributed by atoms with Crippen molar-refractivity contribution in [3.8, 4) is 0 Å². The van der Waals surface area contributed by atoms with Gasteiger partial charge in [0, 0.05) is 17.3 Å². The lowest BCUT2D eigenvalue weighted by atomic mass is 9.95. The van der Waals surface area contributed by atoms with Gasteiger partial charge in [0.05, 0.1) is 4.99 Å². The molecule has 1 atom stereocenters. The Balaban J connectivity index is 2.56. The van der Waals surface area contributed by atoms with Crippen LogP contribution in [0.4, 0.5) is 0 Å². The number of thiocarbonyl (C=S) groups is 2. The highest BCUT2D eigenvalue weighted by atomic mass is 32.1. The van der Waals surface area contributed by atoms with E-state index in [0.717, 1.165) is 22.7 Å². The van der Waals surface area contributed by atoms with Crippen molar-refractivity contribution in [2.24, 2.45) is 5.92 Å². The van der Waals surface area contributed by atoms with Gasteiger partial charge in [0.1, 0.15) is 0 Å². The van der Waals surface area contributed by atoms with Crippen molar-refractivity contribution in [2.45, 2.75) is 32.7 Å². The van der Waals surface area contributed by atoms with Crippen molar-refractivity contribution in [1.29, 1.82) is 0 Å². The first-order valence-electron chi connectivity index (χ1n) is 3.90. The molecule has 1 nitrogen and oxygen atoms in total. The molecule has 0 saturated carbocycles. The molecule has 1 saturated heterocycles. The second-order valence-corrected chi connectivity index (χ2v) is 4.41. The molecule has 1 aliphatic rings. The second kappa shape index (κ2) is 3.59. The molecule has 1 aliphatic heterocycles. The summed E-state index contributed by atoms with van der Waals surface area (Å²) in [5.74, 6) is 0.617. The van der Waals surface area contributed by atoms with E-state index in [9.17, 15) is 0 Å². The average molecular weight is 187 g/mol. The van der Waals surface area contributed by atoms with Gasteiger partial charge in [0.25, 0.3) is 0 Å². The van der Waals surface area contributed by atoms with Gasteiger partial charge in [-0.25, -0.2) is 0 Å². The van der Waals surface area contributed by atoms with Gasteiger partial charge in [0.2, 0.25) is 0 Å². The fourth-order valence-electron chi connectivity index (χ4n) is 1.21. The first-order valence-corrected chi connectivity index (χ1v) is 4.72. The van der Waals surface area contributed by atoms with Crippen molar-refractivity contribution in [2.75, 3.05) is 0 Å². The lowest BCUT2D eigenvalue weighted by Gasteiger charge is -2.28. The molecular weight excluding hydrogens is 174 g/mol. The van der Waals surface area contributed by atoms with E-state index in [0.29, 0.717) is 12.0 Å². The highest BCUT2D eigenvalue weighted by molar-refractivity contribution is 7.82. The molecule has 0 aromatic heterocycles. The van der Waals surface area contributed by atoms with Crippen LogP contribution in [0.1, 0.15) is 26.7 Å². The zero-order valence-corrected chi connectivity index (χ0v) is 8.52. The molecule has 1 rings (SSSR count). The maximum absolute atomic E-state index is 5.15. The molecule has 1 fully saturated rings. The highest BCUT2D eigenvalue weighted by Gasteiger charge is 2.21. The van der Waals surface area contributed by atoms with Gasteiger partial charge in [0.15, 0.2) is 0 Å². The maximum atomic E-state index is 5.15. The quantitative estimate of drug-likeness (QED) is 0.631. The lowest BCUT2D eigenvalue weighted by molar-refractivity contribution is 0.460. The molecule has 1 N–H and O–H groups in total. The third-order valence-electron chi connectivity index (χ3n) is 1.96. The molecule has 0 aliphatic carbocycles.